The van der Waals surface area contributed by atoms with Crippen LogP contribution >= 0.6 is 0 Å². The zero-order chi connectivity index (χ0) is 20.7. The van der Waals surface area contributed by atoms with Gasteiger partial charge in [-0.05, 0) is 42.5 Å². The molecule has 1 saturated carbocycles. The van der Waals surface area contributed by atoms with E-state index in [9.17, 15) is 4.79 Å². The third-order valence-corrected chi connectivity index (χ3v) is 6.13. The highest BCUT2D eigenvalue weighted by Crippen LogP contribution is 2.40. The molecule has 30 heavy (non-hydrogen) atoms. The van der Waals surface area contributed by atoms with E-state index in [1.165, 1.54) is 0 Å². The molecule has 1 fully saturated rings. The van der Waals surface area contributed by atoms with Gasteiger partial charge in [-0.1, -0.05) is 60.7 Å². The number of fused-ring (bicyclic) bond motifs is 1. The van der Waals surface area contributed by atoms with Crippen LogP contribution < -0.4 is 15.9 Å². The Morgan fingerprint density at radius 2 is 1.63 bits per heavy atom. The summed E-state index contributed by atoms with van der Waals surface area (Å²) in [7, 11) is 1.58. The highest BCUT2D eigenvalue weighted by atomic mass is 16.5. The molecular weight excluding hydrogens is 374 g/mol. The standard InChI is InChI=1S/C26H23NO3/c1-29-21-10-5-9-20-23(28)22(24(30-25(20)21)18-7-3-2-4-8-18)17-11-13-19(14-12-17)26(27)15-6-16-26/h2-5,7-14H,6,15-16,27H2,1H3. The van der Waals surface area contributed by atoms with Crippen molar-refractivity contribution in [3.8, 4) is 28.2 Å². The lowest BCUT2D eigenvalue weighted by Gasteiger charge is -2.38. The Bertz CT molecular complexity index is 1270. The minimum Gasteiger partial charge on any atom is -0.493 e. The zero-order valence-corrected chi connectivity index (χ0v) is 16.9. The van der Waals surface area contributed by atoms with Crippen molar-refractivity contribution in [1.29, 1.82) is 0 Å². The van der Waals surface area contributed by atoms with Crippen molar-refractivity contribution in [2.75, 3.05) is 7.11 Å². The molecule has 1 heterocycles. The second kappa shape index (κ2) is 7.15. The lowest BCUT2D eigenvalue weighted by atomic mass is 9.72. The number of ether oxygens (including phenoxy) is 1. The molecule has 0 saturated heterocycles. The van der Waals surface area contributed by atoms with E-state index >= 15 is 0 Å². The van der Waals surface area contributed by atoms with E-state index in [2.05, 4.69) is 0 Å². The van der Waals surface area contributed by atoms with Crippen LogP contribution in [0.4, 0.5) is 0 Å². The fourth-order valence-corrected chi connectivity index (χ4v) is 4.22. The molecular formula is C26H23NO3. The largest absolute Gasteiger partial charge is 0.493 e. The van der Waals surface area contributed by atoms with Gasteiger partial charge in [0.1, 0.15) is 5.76 Å². The predicted molar refractivity (Wildman–Crippen MR) is 120 cm³/mol. The van der Waals surface area contributed by atoms with Crippen molar-refractivity contribution in [3.63, 3.8) is 0 Å². The van der Waals surface area contributed by atoms with E-state index in [1.807, 2.05) is 60.7 Å². The first-order valence-corrected chi connectivity index (χ1v) is 10.2. The van der Waals surface area contributed by atoms with Gasteiger partial charge in [-0.25, -0.2) is 0 Å². The number of rotatable bonds is 4. The van der Waals surface area contributed by atoms with Crippen LogP contribution in [-0.4, -0.2) is 7.11 Å². The smallest absolute Gasteiger partial charge is 0.201 e. The molecule has 1 aromatic heterocycles. The molecule has 0 atom stereocenters. The highest BCUT2D eigenvalue weighted by Gasteiger charge is 2.34. The van der Waals surface area contributed by atoms with Crippen molar-refractivity contribution in [1.82, 2.24) is 0 Å². The van der Waals surface area contributed by atoms with Gasteiger partial charge in [-0.15, -0.1) is 0 Å². The van der Waals surface area contributed by atoms with Gasteiger partial charge in [0.2, 0.25) is 5.43 Å². The molecule has 0 aliphatic heterocycles. The zero-order valence-electron chi connectivity index (χ0n) is 16.9. The topological polar surface area (TPSA) is 65.5 Å². The van der Waals surface area contributed by atoms with E-state index in [0.29, 0.717) is 28.0 Å². The van der Waals surface area contributed by atoms with Crippen molar-refractivity contribution in [2.45, 2.75) is 24.8 Å². The molecule has 5 rings (SSSR count). The molecule has 4 nitrogen and oxygen atoms in total. The Morgan fingerprint density at radius 1 is 0.900 bits per heavy atom. The number of hydrogen-bond acceptors (Lipinski definition) is 4. The van der Waals surface area contributed by atoms with Crippen molar-refractivity contribution >= 4 is 11.0 Å². The lowest BCUT2D eigenvalue weighted by Crippen LogP contribution is -2.43. The maximum atomic E-state index is 13.6. The monoisotopic (exact) mass is 397 g/mol. The molecule has 3 aromatic carbocycles. The number of methoxy groups -OCH3 is 1. The third-order valence-electron chi connectivity index (χ3n) is 6.13. The van der Waals surface area contributed by atoms with Gasteiger partial charge >= 0.3 is 0 Å². The van der Waals surface area contributed by atoms with E-state index in [4.69, 9.17) is 14.9 Å². The summed E-state index contributed by atoms with van der Waals surface area (Å²) in [5.41, 5.74) is 9.95. The fraction of sp³-hybridized carbons (Fsp3) is 0.192. The van der Waals surface area contributed by atoms with Gasteiger partial charge in [0.05, 0.1) is 18.1 Å². The molecule has 4 heteroatoms. The molecule has 2 N–H and O–H groups in total. The summed E-state index contributed by atoms with van der Waals surface area (Å²) in [6, 6.07) is 23.1. The molecule has 0 radical (unpaired) electrons. The normalized spacial score (nSPS) is 15.0. The van der Waals surface area contributed by atoms with E-state index < -0.39 is 0 Å². The molecule has 0 bridgehead atoms. The lowest BCUT2D eigenvalue weighted by molar-refractivity contribution is 0.253. The van der Waals surface area contributed by atoms with Crippen LogP contribution in [0.3, 0.4) is 0 Å². The highest BCUT2D eigenvalue weighted by molar-refractivity contribution is 5.91. The average molecular weight is 397 g/mol. The molecule has 0 spiro atoms. The summed E-state index contributed by atoms with van der Waals surface area (Å²) in [5.74, 6) is 1.08. The Labute approximate surface area is 174 Å². The predicted octanol–water partition coefficient (Wildman–Crippen LogP) is 5.47. The first-order chi connectivity index (χ1) is 14.6. The quantitative estimate of drug-likeness (QED) is 0.496. The molecule has 150 valence electrons. The summed E-state index contributed by atoms with van der Waals surface area (Å²) in [4.78, 5) is 13.6. The maximum Gasteiger partial charge on any atom is 0.201 e. The second-order valence-corrected chi connectivity index (χ2v) is 7.93. The summed E-state index contributed by atoms with van der Waals surface area (Å²) >= 11 is 0. The van der Waals surface area contributed by atoms with Crippen molar-refractivity contribution in [2.24, 2.45) is 5.73 Å². The van der Waals surface area contributed by atoms with Gasteiger partial charge < -0.3 is 14.9 Å². The summed E-state index contributed by atoms with van der Waals surface area (Å²) in [6.07, 6.45) is 3.16. The average Bonchev–Trinajstić information content (AvgIpc) is 2.78. The van der Waals surface area contributed by atoms with Crippen LogP contribution in [0.15, 0.2) is 82.0 Å². The van der Waals surface area contributed by atoms with Gasteiger partial charge in [-0.3, -0.25) is 4.79 Å². The summed E-state index contributed by atoms with van der Waals surface area (Å²) < 4.78 is 11.8. The molecule has 1 aliphatic carbocycles. The number of benzene rings is 3. The van der Waals surface area contributed by atoms with Crippen LogP contribution in [0.25, 0.3) is 33.4 Å². The van der Waals surface area contributed by atoms with Gasteiger partial charge in [0.25, 0.3) is 0 Å². The van der Waals surface area contributed by atoms with Crippen LogP contribution in [-0.2, 0) is 5.54 Å². The van der Waals surface area contributed by atoms with Crippen LogP contribution in [0.1, 0.15) is 24.8 Å². The molecule has 0 unspecified atom stereocenters. The maximum absolute atomic E-state index is 13.6. The van der Waals surface area contributed by atoms with E-state index in [0.717, 1.165) is 36.0 Å². The van der Waals surface area contributed by atoms with Gasteiger partial charge in [0.15, 0.2) is 11.3 Å². The second-order valence-electron chi connectivity index (χ2n) is 7.93. The van der Waals surface area contributed by atoms with Crippen LogP contribution in [0.2, 0.25) is 0 Å². The first kappa shape index (κ1) is 18.6. The summed E-state index contributed by atoms with van der Waals surface area (Å²) in [5, 5.41) is 0.502. The van der Waals surface area contributed by atoms with Crippen molar-refractivity contribution < 1.29 is 9.15 Å². The van der Waals surface area contributed by atoms with Crippen molar-refractivity contribution in [3.05, 3.63) is 88.6 Å². The first-order valence-electron chi connectivity index (χ1n) is 10.2. The number of para-hydroxylation sites is 1. The minimum absolute atomic E-state index is 0.0761. The van der Waals surface area contributed by atoms with Gasteiger partial charge in [-0.2, -0.15) is 0 Å². The summed E-state index contributed by atoms with van der Waals surface area (Å²) in [6.45, 7) is 0. The van der Waals surface area contributed by atoms with Gasteiger partial charge in [0, 0.05) is 11.1 Å². The van der Waals surface area contributed by atoms with Crippen LogP contribution in [0, 0.1) is 0 Å². The number of nitrogens with two attached hydrogens (primary N) is 1. The Hall–Kier alpha value is -3.37. The molecule has 1 aliphatic rings. The minimum atomic E-state index is -0.234. The molecule has 4 aromatic rings. The number of hydrogen-bond donors (Lipinski definition) is 1. The van der Waals surface area contributed by atoms with E-state index in [1.54, 1.807) is 19.2 Å². The SMILES string of the molecule is COc1cccc2c(=O)c(-c3ccc(C4(N)CCC4)cc3)c(-c3ccccc3)oc12. The fourth-order valence-electron chi connectivity index (χ4n) is 4.22. The Morgan fingerprint density at radius 3 is 2.27 bits per heavy atom. The van der Waals surface area contributed by atoms with E-state index in [-0.39, 0.29) is 11.0 Å². The molecule has 0 amide bonds. The Balaban J connectivity index is 1.76. The third kappa shape index (κ3) is 2.92. The Kier molecular flexibility index (Phi) is 4.44. The van der Waals surface area contributed by atoms with Crippen LogP contribution in [0.5, 0.6) is 5.75 Å².